The lowest BCUT2D eigenvalue weighted by Crippen LogP contribution is -1.88. The van der Waals surface area contributed by atoms with Crippen LogP contribution < -0.4 is 0 Å². The zero-order chi connectivity index (χ0) is 8.84. The van der Waals surface area contributed by atoms with Gasteiger partial charge in [0.25, 0.3) is 0 Å². The van der Waals surface area contributed by atoms with Gasteiger partial charge in [0, 0.05) is 29.5 Å². The van der Waals surface area contributed by atoms with Crippen molar-refractivity contribution >= 4 is 11.6 Å². The fourth-order valence-corrected chi connectivity index (χ4v) is 1.93. The Morgan fingerprint density at radius 2 is 2.31 bits per heavy atom. The second kappa shape index (κ2) is 2.36. The predicted molar refractivity (Wildman–Crippen MR) is 51.8 cm³/mol. The zero-order valence-corrected chi connectivity index (χ0v) is 7.62. The minimum absolute atomic E-state index is 0.773. The number of halogens is 1. The Morgan fingerprint density at radius 3 is 3.23 bits per heavy atom. The summed E-state index contributed by atoms with van der Waals surface area (Å²) in [6.45, 7) is 0.918. The van der Waals surface area contributed by atoms with Gasteiger partial charge in [-0.1, -0.05) is 17.7 Å². The van der Waals surface area contributed by atoms with Crippen molar-refractivity contribution in [3.63, 3.8) is 0 Å². The summed E-state index contributed by atoms with van der Waals surface area (Å²) in [6.07, 6.45) is 3.81. The van der Waals surface area contributed by atoms with Crippen molar-refractivity contribution in [2.24, 2.45) is 0 Å². The highest BCUT2D eigenvalue weighted by atomic mass is 35.5. The molecule has 0 spiro atoms. The van der Waals surface area contributed by atoms with Gasteiger partial charge in [0.2, 0.25) is 0 Å². The van der Waals surface area contributed by atoms with Crippen molar-refractivity contribution < 1.29 is 0 Å². The van der Waals surface area contributed by atoms with Crippen LogP contribution in [0.4, 0.5) is 0 Å². The van der Waals surface area contributed by atoms with Crippen LogP contribution in [-0.2, 0) is 6.54 Å². The summed E-state index contributed by atoms with van der Waals surface area (Å²) in [5, 5.41) is 0.773. The minimum Gasteiger partial charge on any atom is -0.327 e. The maximum absolute atomic E-state index is 5.92. The van der Waals surface area contributed by atoms with Crippen LogP contribution in [-0.4, -0.2) is 9.55 Å². The first-order chi connectivity index (χ1) is 6.34. The smallest absolute Gasteiger partial charge is 0.140 e. The number of aromatic nitrogens is 2. The van der Waals surface area contributed by atoms with Gasteiger partial charge in [-0.15, -0.1) is 0 Å². The molecule has 3 rings (SSSR count). The third kappa shape index (κ3) is 0.923. The van der Waals surface area contributed by atoms with E-state index in [9.17, 15) is 0 Å². The average molecular weight is 191 g/mol. The fraction of sp³-hybridized carbons (Fsp3) is 0.100. The summed E-state index contributed by atoms with van der Waals surface area (Å²) in [5.74, 6) is 1.03. The lowest BCUT2D eigenvalue weighted by Gasteiger charge is -1.96. The monoisotopic (exact) mass is 190 g/mol. The predicted octanol–water partition coefficient (Wildman–Crippen LogP) is 2.57. The van der Waals surface area contributed by atoms with Crippen molar-refractivity contribution in [1.82, 2.24) is 9.55 Å². The molecule has 1 aliphatic heterocycles. The Morgan fingerprint density at radius 1 is 1.38 bits per heavy atom. The highest BCUT2D eigenvalue weighted by Gasteiger charge is 2.18. The van der Waals surface area contributed by atoms with E-state index >= 15 is 0 Å². The Bertz CT molecular complexity index is 474. The third-order valence-electron chi connectivity index (χ3n) is 2.37. The minimum atomic E-state index is 0.773. The van der Waals surface area contributed by atoms with E-state index in [1.54, 1.807) is 0 Å². The molecule has 3 heteroatoms. The first-order valence-corrected chi connectivity index (χ1v) is 4.52. The number of hydrogen-bond acceptors (Lipinski definition) is 1. The number of nitrogens with zero attached hydrogens (tertiary/aromatic N) is 2. The third-order valence-corrected chi connectivity index (χ3v) is 2.60. The molecule has 2 nitrogen and oxygen atoms in total. The van der Waals surface area contributed by atoms with Gasteiger partial charge >= 0.3 is 0 Å². The largest absolute Gasteiger partial charge is 0.327 e. The molecule has 0 bridgehead atoms. The zero-order valence-electron chi connectivity index (χ0n) is 6.87. The molecule has 1 aliphatic rings. The lowest BCUT2D eigenvalue weighted by molar-refractivity contribution is 0.848. The molecule has 0 atom stereocenters. The summed E-state index contributed by atoms with van der Waals surface area (Å²) >= 11 is 5.92. The van der Waals surface area contributed by atoms with Gasteiger partial charge < -0.3 is 4.57 Å². The van der Waals surface area contributed by atoms with Crippen LogP contribution in [0, 0.1) is 0 Å². The number of imidazole rings is 1. The first-order valence-electron chi connectivity index (χ1n) is 4.14. The molecule has 64 valence electrons. The van der Waals surface area contributed by atoms with Gasteiger partial charge in [0.05, 0.1) is 0 Å². The molecular weight excluding hydrogens is 184 g/mol. The van der Waals surface area contributed by atoms with E-state index in [0.29, 0.717) is 0 Å². The molecule has 0 radical (unpaired) electrons. The van der Waals surface area contributed by atoms with Crippen LogP contribution in [0.1, 0.15) is 5.56 Å². The van der Waals surface area contributed by atoms with E-state index in [4.69, 9.17) is 11.6 Å². The molecule has 1 aromatic carbocycles. The first kappa shape index (κ1) is 7.15. The Hall–Kier alpha value is -1.28. The van der Waals surface area contributed by atoms with Crippen molar-refractivity contribution in [1.29, 1.82) is 0 Å². The van der Waals surface area contributed by atoms with E-state index in [2.05, 4.69) is 15.6 Å². The molecule has 2 heterocycles. The van der Waals surface area contributed by atoms with E-state index in [1.807, 2.05) is 24.5 Å². The quantitative estimate of drug-likeness (QED) is 0.533. The molecule has 1 aromatic heterocycles. The van der Waals surface area contributed by atoms with Crippen molar-refractivity contribution in [2.75, 3.05) is 0 Å². The van der Waals surface area contributed by atoms with E-state index in [1.165, 1.54) is 5.56 Å². The van der Waals surface area contributed by atoms with Crippen LogP contribution in [0.15, 0.2) is 30.6 Å². The molecule has 0 saturated carbocycles. The second-order valence-electron chi connectivity index (χ2n) is 3.18. The number of fused-ring (bicyclic) bond motifs is 3. The number of hydrogen-bond donors (Lipinski definition) is 0. The van der Waals surface area contributed by atoms with Gasteiger partial charge in [-0.3, -0.25) is 0 Å². The molecule has 2 aromatic rings. The average Bonchev–Trinajstić information content (AvgIpc) is 2.64. The van der Waals surface area contributed by atoms with Crippen LogP contribution in [0.5, 0.6) is 0 Å². The standard InChI is InChI=1S/C10H7ClN2/c11-8-2-1-7-6-13-4-3-12-10(13)9(7)5-8/h1-5H,6H2. The number of rotatable bonds is 0. The molecule has 0 fully saturated rings. The van der Waals surface area contributed by atoms with E-state index in [-0.39, 0.29) is 0 Å². The molecule has 0 saturated heterocycles. The molecule has 13 heavy (non-hydrogen) atoms. The lowest BCUT2D eigenvalue weighted by atomic mass is 10.1. The summed E-state index contributed by atoms with van der Waals surface area (Å²) in [5.41, 5.74) is 2.46. The molecule has 0 unspecified atom stereocenters. The Balaban J connectivity index is 2.31. The SMILES string of the molecule is Clc1ccc2c(c1)-c1nccn1C2. The highest BCUT2D eigenvalue weighted by molar-refractivity contribution is 6.30. The summed E-state index contributed by atoms with van der Waals surface area (Å²) in [6, 6.07) is 5.96. The van der Waals surface area contributed by atoms with E-state index < -0.39 is 0 Å². The fourth-order valence-electron chi connectivity index (χ4n) is 1.76. The maximum Gasteiger partial charge on any atom is 0.140 e. The van der Waals surface area contributed by atoms with Crippen LogP contribution in [0.2, 0.25) is 5.02 Å². The molecule has 0 amide bonds. The topological polar surface area (TPSA) is 17.8 Å². The van der Waals surface area contributed by atoms with Gasteiger partial charge in [0.15, 0.2) is 0 Å². The highest BCUT2D eigenvalue weighted by Crippen LogP contribution is 2.31. The van der Waals surface area contributed by atoms with Gasteiger partial charge in [-0.2, -0.15) is 0 Å². The van der Waals surface area contributed by atoms with Crippen LogP contribution in [0.25, 0.3) is 11.4 Å². The summed E-state index contributed by atoms with van der Waals surface area (Å²) in [4.78, 5) is 4.28. The molecule has 0 aliphatic carbocycles. The van der Waals surface area contributed by atoms with Gasteiger partial charge in [-0.25, -0.2) is 4.98 Å². The van der Waals surface area contributed by atoms with E-state index in [0.717, 1.165) is 23.0 Å². The van der Waals surface area contributed by atoms with Crippen molar-refractivity contribution in [2.45, 2.75) is 6.54 Å². The Labute approximate surface area is 80.8 Å². The summed E-state index contributed by atoms with van der Waals surface area (Å²) < 4.78 is 2.13. The van der Waals surface area contributed by atoms with Gasteiger partial charge in [-0.05, 0) is 17.7 Å². The van der Waals surface area contributed by atoms with Crippen LogP contribution >= 0.6 is 11.6 Å². The van der Waals surface area contributed by atoms with Crippen LogP contribution in [0.3, 0.4) is 0 Å². The summed E-state index contributed by atoms with van der Waals surface area (Å²) in [7, 11) is 0. The number of benzene rings is 1. The molecular formula is C10H7ClN2. The normalized spacial score (nSPS) is 12.7. The van der Waals surface area contributed by atoms with Gasteiger partial charge in [0.1, 0.15) is 5.82 Å². The van der Waals surface area contributed by atoms with Crippen molar-refractivity contribution in [3.05, 3.63) is 41.2 Å². The molecule has 0 N–H and O–H groups in total. The Kier molecular flexibility index (Phi) is 1.30. The second-order valence-corrected chi connectivity index (χ2v) is 3.62. The maximum atomic E-state index is 5.92. The van der Waals surface area contributed by atoms with Crippen molar-refractivity contribution in [3.8, 4) is 11.4 Å².